The first-order chi connectivity index (χ1) is 10.3. The maximum atomic E-state index is 11.8. The average Bonchev–Trinajstić information content (AvgIpc) is 2.92. The standard InChI is InChI=1S/C14H19N5O3/c1-14(2,3)11(13(21)22)9(12-16-18-19-17-12)6-8-4-5-10(20)15-7-8/h4-5,7,9,11H,6H2,1-3H3,(H,15,20)(H,21,22)(H,16,17,18,19). The van der Waals surface area contributed by atoms with Crippen LogP contribution in [-0.2, 0) is 11.2 Å². The van der Waals surface area contributed by atoms with E-state index in [9.17, 15) is 14.7 Å². The monoisotopic (exact) mass is 305 g/mol. The zero-order chi connectivity index (χ0) is 16.3. The summed E-state index contributed by atoms with van der Waals surface area (Å²) in [6.45, 7) is 5.60. The molecule has 8 heteroatoms. The molecule has 118 valence electrons. The fraction of sp³-hybridized carbons (Fsp3) is 0.500. The maximum absolute atomic E-state index is 11.8. The number of tetrazole rings is 1. The largest absolute Gasteiger partial charge is 0.481 e. The number of aromatic amines is 2. The Morgan fingerprint density at radius 3 is 2.55 bits per heavy atom. The third-order valence-electron chi connectivity index (χ3n) is 3.60. The van der Waals surface area contributed by atoms with Crippen LogP contribution in [-0.4, -0.2) is 36.7 Å². The number of H-pyrrole nitrogens is 2. The number of aromatic nitrogens is 5. The number of rotatable bonds is 5. The van der Waals surface area contributed by atoms with Gasteiger partial charge in [-0.1, -0.05) is 32.1 Å². The van der Waals surface area contributed by atoms with E-state index in [4.69, 9.17) is 0 Å². The van der Waals surface area contributed by atoms with E-state index in [1.807, 2.05) is 20.8 Å². The molecule has 0 radical (unpaired) electrons. The van der Waals surface area contributed by atoms with E-state index >= 15 is 0 Å². The lowest BCUT2D eigenvalue weighted by molar-refractivity contribution is -0.146. The molecule has 0 bridgehead atoms. The molecule has 0 fully saturated rings. The van der Waals surface area contributed by atoms with Crippen LogP contribution in [0.15, 0.2) is 23.1 Å². The zero-order valence-electron chi connectivity index (χ0n) is 12.7. The normalized spacial score (nSPS) is 14.5. The summed E-state index contributed by atoms with van der Waals surface area (Å²) in [5.41, 5.74) is 0.120. The van der Waals surface area contributed by atoms with Crippen molar-refractivity contribution in [2.24, 2.45) is 11.3 Å². The van der Waals surface area contributed by atoms with Gasteiger partial charge in [-0.15, -0.1) is 10.2 Å². The highest BCUT2D eigenvalue weighted by Crippen LogP contribution is 2.38. The van der Waals surface area contributed by atoms with E-state index in [1.54, 1.807) is 12.3 Å². The van der Waals surface area contributed by atoms with Crippen molar-refractivity contribution in [1.82, 2.24) is 25.6 Å². The van der Waals surface area contributed by atoms with E-state index in [0.29, 0.717) is 12.2 Å². The molecule has 8 nitrogen and oxygen atoms in total. The molecule has 2 aromatic heterocycles. The highest BCUT2D eigenvalue weighted by Gasteiger charge is 2.40. The number of nitrogens with one attached hydrogen (secondary N) is 2. The molecule has 2 aromatic rings. The molecule has 0 aliphatic carbocycles. The lowest BCUT2D eigenvalue weighted by atomic mass is 9.71. The number of hydrogen-bond acceptors (Lipinski definition) is 5. The van der Waals surface area contributed by atoms with Crippen molar-refractivity contribution in [3.05, 3.63) is 40.1 Å². The van der Waals surface area contributed by atoms with Crippen molar-refractivity contribution in [2.45, 2.75) is 33.1 Å². The van der Waals surface area contributed by atoms with Crippen LogP contribution in [0, 0.1) is 11.3 Å². The van der Waals surface area contributed by atoms with Crippen LogP contribution in [0.5, 0.6) is 0 Å². The van der Waals surface area contributed by atoms with Gasteiger partial charge in [0.25, 0.3) is 0 Å². The molecular weight excluding hydrogens is 286 g/mol. The number of carboxylic acid groups (broad SMARTS) is 1. The van der Waals surface area contributed by atoms with Gasteiger partial charge in [0.1, 0.15) is 0 Å². The summed E-state index contributed by atoms with van der Waals surface area (Å²) in [7, 11) is 0. The number of carboxylic acids is 1. The second-order valence-corrected chi connectivity index (χ2v) is 6.32. The molecule has 0 amide bonds. The molecule has 0 saturated carbocycles. The highest BCUT2D eigenvalue weighted by atomic mass is 16.4. The maximum Gasteiger partial charge on any atom is 0.307 e. The smallest absolute Gasteiger partial charge is 0.307 e. The van der Waals surface area contributed by atoms with E-state index in [1.165, 1.54) is 6.07 Å². The van der Waals surface area contributed by atoms with Crippen LogP contribution < -0.4 is 5.56 Å². The molecule has 0 aliphatic rings. The third kappa shape index (κ3) is 3.57. The number of aliphatic carboxylic acids is 1. The molecular formula is C14H19N5O3. The van der Waals surface area contributed by atoms with E-state index in [0.717, 1.165) is 5.56 Å². The van der Waals surface area contributed by atoms with Crippen molar-refractivity contribution in [3.63, 3.8) is 0 Å². The topological polar surface area (TPSA) is 125 Å². The van der Waals surface area contributed by atoms with Gasteiger partial charge in [0.05, 0.1) is 5.92 Å². The van der Waals surface area contributed by atoms with Gasteiger partial charge >= 0.3 is 5.97 Å². The van der Waals surface area contributed by atoms with Gasteiger partial charge in [-0.05, 0) is 17.4 Å². The summed E-state index contributed by atoms with van der Waals surface area (Å²) in [5.74, 6) is -1.71. The minimum atomic E-state index is -0.910. The van der Waals surface area contributed by atoms with Crippen molar-refractivity contribution >= 4 is 5.97 Å². The van der Waals surface area contributed by atoms with Crippen LogP contribution in [0.25, 0.3) is 0 Å². The molecule has 2 unspecified atom stereocenters. The number of carbonyl (C=O) groups is 1. The summed E-state index contributed by atoms with van der Waals surface area (Å²) in [6.07, 6.45) is 1.97. The molecule has 2 heterocycles. The molecule has 0 saturated heterocycles. The fourth-order valence-corrected chi connectivity index (χ4v) is 2.65. The van der Waals surface area contributed by atoms with Crippen molar-refractivity contribution < 1.29 is 9.90 Å². The average molecular weight is 305 g/mol. The lowest BCUT2D eigenvalue weighted by Crippen LogP contribution is -2.35. The van der Waals surface area contributed by atoms with Crippen molar-refractivity contribution in [3.8, 4) is 0 Å². The highest BCUT2D eigenvalue weighted by molar-refractivity contribution is 5.72. The number of nitrogens with zero attached hydrogens (tertiary/aromatic N) is 3. The first-order valence-corrected chi connectivity index (χ1v) is 6.93. The molecule has 3 N–H and O–H groups in total. The van der Waals surface area contributed by atoms with Crippen LogP contribution in [0.4, 0.5) is 0 Å². The molecule has 0 aliphatic heterocycles. The quantitative estimate of drug-likeness (QED) is 0.755. The van der Waals surface area contributed by atoms with Gasteiger partial charge in [0, 0.05) is 18.2 Å². The van der Waals surface area contributed by atoms with Crippen molar-refractivity contribution in [1.29, 1.82) is 0 Å². The Morgan fingerprint density at radius 1 is 1.36 bits per heavy atom. The van der Waals surface area contributed by atoms with E-state index < -0.39 is 23.2 Å². The first-order valence-electron chi connectivity index (χ1n) is 6.93. The second kappa shape index (κ2) is 6.08. The second-order valence-electron chi connectivity index (χ2n) is 6.32. The summed E-state index contributed by atoms with van der Waals surface area (Å²) in [5, 5.41) is 23.5. The van der Waals surface area contributed by atoms with Crippen LogP contribution in [0.2, 0.25) is 0 Å². The Morgan fingerprint density at radius 2 is 2.09 bits per heavy atom. The Hall–Kier alpha value is -2.51. The first kappa shape index (κ1) is 15.9. The zero-order valence-corrected chi connectivity index (χ0v) is 12.7. The predicted octanol–water partition coefficient (Wildman–Crippen LogP) is 0.961. The Bertz CT molecular complexity index is 667. The Kier molecular flexibility index (Phi) is 4.39. The van der Waals surface area contributed by atoms with Gasteiger partial charge in [-0.2, -0.15) is 5.21 Å². The summed E-state index contributed by atoms with van der Waals surface area (Å²) in [4.78, 5) is 25.5. The molecule has 0 spiro atoms. The van der Waals surface area contributed by atoms with Gasteiger partial charge in [0.2, 0.25) is 5.56 Å². The lowest BCUT2D eigenvalue weighted by Gasteiger charge is -2.32. The van der Waals surface area contributed by atoms with Gasteiger partial charge < -0.3 is 10.1 Å². The van der Waals surface area contributed by atoms with Crippen molar-refractivity contribution in [2.75, 3.05) is 0 Å². The van der Waals surface area contributed by atoms with Gasteiger partial charge in [-0.25, -0.2) is 0 Å². The molecule has 2 atom stereocenters. The van der Waals surface area contributed by atoms with Gasteiger partial charge in [-0.3, -0.25) is 9.59 Å². The molecule has 0 aromatic carbocycles. The Balaban J connectivity index is 2.40. The summed E-state index contributed by atoms with van der Waals surface area (Å²) < 4.78 is 0. The summed E-state index contributed by atoms with van der Waals surface area (Å²) >= 11 is 0. The van der Waals surface area contributed by atoms with Crippen LogP contribution in [0.3, 0.4) is 0 Å². The Labute approximate surface area is 127 Å². The minimum absolute atomic E-state index is 0.203. The third-order valence-corrected chi connectivity index (χ3v) is 3.60. The van der Waals surface area contributed by atoms with Crippen LogP contribution >= 0.6 is 0 Å². The van der Waals surface area contributed by atoms with E-state index in [2.05, 4.69) is 25.6 Å². The van der Waals surface area contributed by atoms with E-state index in [-0.39, 0.29) is 5.56 Å². The number of hydrogen-bond donors (Lipinski definition) is 3. The summed E-state index contributed by atoms with van der Waals surface area (Å²) in [6, 6.07) is 3.09. The number of pyridine rings is 1. The molecule has 22 heavy (non-hydrogen) atoms. The fourth-order valence-electron chi connectivity index (χ4n) is 2.65. The van der Waals surface area contributed by atoms with Gasteiger partial charge in [0.15, 0.2) is 5.82 Å². The SMILES string of the molecule is CC(C)(C)C(C(=O)O)C(Cc1ccc(=O)[nH]c1)c1nn[nH]n1. The van der Waals surface area contributed by atoms with Crippen LogP contribution in [0.1, 0.15) is 38.1 Å². The molecule has 2 rings (SSSR count). The predicted molar refractivity (Wildman–Crippen MR) is 78.3 cm³/mol. The minimum Gasteiger partial charge on any atom is -0.481 e.